The molecule has 0 aliphatic carbocycles. The molecule has 9 heteroatoms. The van der Waals surface area contributed by atoms with E-state index in [0.29, 0.717) is 12.1 Å². The molecule has 0 aromatic heterocycles. The number of halogens is 3. The molecule has 0 amide bonds. The van der Waals surface area contributed by atoms with E-state index in [9.17, 15) is 21.6 Å². The summed E-state index contributed by atoms with van der Waals surface area (Å²) >= 11 is 0. The minimum Gasteiger partial charge on any atom is -0.349 e. The number of hydrogen-bond donors (Lipinski definition) is 2. The van der Waals surface area contributed by atoms with Crippen LogP contribution in [0.25, 0.3) is 0 Å². The normalized spacial score (nSPS) is 11.7. The first-order valence-corrected chi connectivity index (χ1v) is 9.98. The second-order valence-electron chi connectivity index (χ2n) is 6.21. The van der Waals surface area contributed by atoms with E-state index in [0.717, 1.165) is 12.1 Å². The Balaban J connectivity index is 2.33. The minimum absolute atomic E-state index is 0.101. The summed E-state index contributed by atoms with van der Waals surface area (Å²) in [6.07, 6.45) is 0. The largest absolute Gasteiger partial charge is 0.349 e. The Hall–Kier alpha value is -2.26. The van der Waals surface area contributed by atoms with Gasteiger partial charge >= 0.3 is 0 Å². The maximum Gasteiger partial charge on any atom is 0.234 e. The Morgan fingerprint density at radius 3 is 2.33 bits per heavy atom. The molecule has 0 spiro atoms. The predicted molar refractivity (Wildman–Crippen MR) is 101 cm³/mol. The molecular formula is C18H22F3N3O2S. The van der Waals surface area contributed by atoms with Gasteiger partial charge in [-0.1, -0.05) is 13.0 Å². The van der Waals surface area contributed by atoms with Crippen molar-refractivity contribution < 1.29 is 21.6 Å². The molecule has 0 saturated heterocycles. The van der Waals surface area contributed by atoms with E-state index in [-0.39, 0.29) is 23.7 Å². The molecule has 0 saturated carbocycles. The van der Waals surface area contributed by atoms with Gasteiger partial charge in [-0.05, 0) is 50.3 Å². The Morgan fingerprint density at radius 1 is 1.04 bits per heavy atom. The maximum absolute atomic E-state index is 14.3. The molecule has 0 bridgehead atoms. The number of nitrogens with zero attached hydrogens (tertiary/aromatic N) is 1. The lowest BCUT2D eigenvalue weighted by Crippen LogP contribution is -2.28. The van der Waals surface area contributed by atoms with Crippen LogP contribution in [0.2, 0.25) is 0 Å². The molecule has 2 aromatic carbocycles. The molecule has 0 atom stereocenters. The third kappa shape index (κ3) is 5.61. The molecule has 2 rings (SSSR count). The van der Waals surface area contributed by atoms with Crippen LogP contribution in [0.3, 0.4) is 0 Å². The van der Waals surface area contributed by atoms with Crippen molar-refractivity contribution in [2.24, 2.45) is 0 Å². The second kappa shape index (κ2) is 8.62. The minimum atomic E-state index is -3.82. The molecule has 148 valence electrons. The van der Waals surface area contributed by atoms with Crippen LogP contribution in [0.15, 0.2) is 30.3 Å². The van der Waals surface area contributed by atoms with Gasteiger partial charge in [-0.3, -0.25) is 4.72 Å². The van der Waals surface area contributed by atoms with Crippen molar-refractivity contribution in [1.29, 1.82) is 0 Å². The van der Waals surface area contributed by atoms with Crippen molar-refractivity contribution in [3.8, 4) is 0 Å². The van der Waals surface area contributed by atoms with E-state index in [1.54, 1.807) is 24.9 Å². The summed E-state index contributed by atoms with van der Waals surface area (Å²) in [5.74, 6) is -3.38. The average Bonchev–Trinajstić information content (AvgIpc) is 2.61. The van der Waals surface area contributed by atoms with Crippen LogP contribution >= 0.6 is 0 Å². The van der Waals surface area contributed by atoms with Crippen LogP contribution in [-0.2, 0) is 10.0 Å². The monoisotopic (exact) mass is 401 g/mol. The van der Waals surface area contributed by atoms with Crippen LogP contribution in [0.4, 0.5) is 30.2 Å². The summed E-state index contributed by atoms with van der Waals surface area (Å²) in [5, 5.41) is 2.45. The van der Waals surface area contributed by atoms with Crippen molar-refractivity contribution in [2.75, 3.05) is 35.9 Å². The zero-order chi connectivity index (χ0) is 20.2. The van der Waals surface area contributed by atoms with Gasteiger partial charge < -0.3 is 10.2 Å². The van der Waals surface area contributed by atoms with E-state index in [2.05, 4.69) is 10.0 Å². The van der Waals surface area contributed by atoms with Gasteiger partial charge in [-0.25, -0.2) is 21.6 Å². The smallest absolute Gasteiger partial charge is 0.234 e. The van der Waals surface area contributed by atoms with Crippen molar-refractivity contribution in [1.82, 2.24) is 4.90 Å². The van der Waals surface area contributed by atoms with E-state index in [1.165, 1.54) is 12.1 Å². The first-order valence-electron chi connectivity index (χ1n) is 8.33. The van der Waals surface area contributed by atoms with Gasteiger partial charge in [-0.2, -0.15) is 0 Å². The summed E-state index contributed by atoms with van der Waals surface area (Å²) in [7, 11) is -2.05. The van der Waals surface area contributed by atoms with Crippen molar-refractivity contribution in [3.05, 3.63) is 53.3 Å². The lowest BCUT2D eigenvalue weighted by Gasteiger charge is -2.17. The van der Waals surface area contributed by atoms with Crippen LogP contribution in [0.5, 0.6) is 0 Å². The fourth-order valence-corrected chi connectivity index (χ4v) is 3.43. The quantitative estimate of drug-likeness (QED) is 0.705. The van der Waals surface area contributed by atoms with Crippen molar-refractivity contribution >= 4 is 27.1 Å². The Labute approximate surface area is 157 Å². The highest BCUT2D eigenvalue weighted by Crippen LogP contribution is 2.32. The molecule has 2 aromatic rings. The number of hydrogen-bond acceptors (Lipinski definition) is 4. The fraction of sp³-hybridized carbons (Fsp3) is 0.333. The van der Waals surface area contributed by atoms with E-state index >= 15 is 0 Å². The molecule has 5 nitrogen and oxygen atoms in total. The van der Waals surface area contributed by atoms with E-state index in [4.69, 9.17) is 0 Å². The highest BCUT2D eigenvalue weighted by molar-refractivity contribution is 7.92. The lowest BCUT2D eigenvalue weighted by atomic mass is 10.2. The summed E-state index contributed by atoms with van der Waals surface area (Å²) in [4.78, 5) is 1.80. The third-order valence-electron chi connectivity index (χ3n) is 4.03. The molecule has 0 aliphatic rings. The van der Waals surface area contributed by atoms with Gasteiger partial charge in [0.1, 0.15) is 11.5 Å². The Kier molecular flexibility index (Phi) is 6.72. The predicted octanol–water partition coefficient (Wildman–Crippen LogP) is 3.85. The number of sulfonamides is 1. The number of rotatable bonds is 8. The maximum atomic E-state index is 14.3. The molecule has 0 radical (unpaired) electrons. The molecular weight excluding hydrogens is 379 g/mol. The van der Waals surface area contributed by atoms with Gasteiger partial charge in [0.15, 0.2) is 11.6 Å². The van der Waals surface area contributed by atoms with Gasteiger partial charge in [0, 0.05) is 6.54 Å². The highest BCUT2D eigenvalue weighted by Gasteiger charge is 2.20. The molecule has 2 N–H and O–H groups in total. The SMILES string of the molecule is CCN(C)CCS(=O)(=O)Nc1ccc(F)c(F)c1Nc1ccc(C)cc1F. The van der Waals surface area contributed by atoms with Gasteiger partial charge in [-0.15, -0.1) is 0 Å². The number of benzene rings is 2. The number of aryl methyl sites for hydroxylation is 1. The first kappa shape index (κ1) is 21.0. The Bertz CT molecular complexity index is 920. The topological polar surface area (TPSA) is 61.4 Å². The summed E-state index contributed by atoms with van der Waals surface area (Å²) in [6, 6.07) is 6.08. The zero-order valence-electron chi connectivity index (χ0n) is 15.3. The summed E-state index contributed by atoms with van der Waals surface area (Å²) in [5.41, 5.74) is -0.131. The van der Waals surface area contributed by atoms with Crippen LogP contribution in [0.1, 0.15) is 12.5 Å². The van der Waals surface area contributed by atoms with Crippen LogP contribution in [0, 0.1) is 24.4 Å². The van der Waals surface area contributed by atoms with E-state index < -0.39 is 33.2 Å². The molecule has 27 heavy (non-hydrogen) atoms. The zero-order valence-corrected chi connectivity index (χ0v) is 16.1. The van der Waals surface area contributed by atoms with Crippen LogP contribution < -0.4 is 10.0 Å². The summed E-state index contributed by atoms with van der Waals surface area (Å²) in [6.45, 7) is 4.50. The average molecular weight is 401 g/mol. The standard InChI is InChI=1S/C18H22F3N3O2S/c1-4-24(3)9-10-27(25,26)23-16-8-6-13(19)17(21)18(16)22-15-7-5-12(2)11-14(15)20/h5-8,11,22-23H,4,9-10H2,1-3H3. The Morgan fingerprint density at radius 2 is 1.70 bits per heavy atom. The lowest BCUT2D eigenvalue weighted by molar-refractivity contribution is 0.374. The van der Waals surface area contributed by atoms with Crippen molar-refractivity contribution in [3.63, 3.8) is 0 Å². The van der Waals surface area contributed by atoms with Gasteiger partial charge in [0.05, 0.1) is 17.1 Å². The third-order valence-corrected chi connectivity index (χ3v) is 5.28. The highest BCUT2D eigenvalue weighted by atomic mass is 32.2. The first-order chi connectivity index (χ1) is 12.6. The molecule has 0 fully saturated rings. The van der Waals surface area contributed by atoms with Crippen LogP contribution in [-0.4, -0.2) is 39.2 Å². The van der Waals surface area contributed by atoms with Gasteiger partial charge in [0.2, 0.25) is 10.0 Å². The second-order valence-corrected chi connectivity index (χ2v) is 8.05. The summed E-state index contributed by atoms with van der Waals surface area (Å²) < 4.78 is 68.8. The van der Waals surface area contributed by atoms with Gasteiger partial charge in [0.25, 0.3) is 0 Å². The molecule has 0 heterocycles. The van der Waals surface area contributed by atoms with E-state index in [1.807, 2.05) is 6.92 Å². The number of anilines is 3. The fourth-order valence-electron chi connectivity index (χ4n) is 2.27. The number of nitrogens with one attached hydrogen (secondary N) is 2. The van der Waals surface area contributed by atoms with Crippen molar-refractivity contribution in [2.45, 2.75) is 13.8 Å². The molecule has 0 unspecified atom stereocenters. The molecule has 0 aliphatic heterocycles.